The molecule has 1 aliphatic rings. The summed E-state index contributed by atoms with van der Waals surface area (Å²) in [6.45, 7) is 8.51. The van der Waals surface area contributed by atoms with E-state index in [-0.39, 0.29) is 12.4 Å². The molecule has 0 aromatic carbocycles. The van der Waals surface area contributed by atoms with Gasteiger partial charge < -0.3 is 15.0 Å². The molecule has 7 heteroatoms. The third kappa shape index (κ3) is 8.26. The molecular formula is C14H29N3O3S. The maximum Gasteiger partial charge on any atom is 0.194 e. The molecule has 0 saturated carbocycles. The zero-order chi connectivity index (χ0) is 15.7. The van der Waals surface area contributed by atoms with Crippen molar-refractivity contribution in [3.05, 3.63) is 0 Å². The summed E-state index contributed by atoms with van der Waals surface area (Å²) in [6, 6.07) is 0. The van der Waals surface area contributed by atoms with Gasteiger partial charge in [0.1, 0.15) is 9.84 Å². The van der Waals surface area contributed by atoms with Gasteiger partial charge in [-0.05, 0) is 25.7 Å². The zero-order valence-electron chi connectivity index (χ0n) is 13.5. The SMILES string of the molecule is CCNC(=NCCOCCS(C)(=O)=O)N1CCCC(C)C1. The molecule has 1 heterocycles. The minimum absolute atomic E-state index is 0.0699. The Morgan fingerprint density at radius 1 is 1.43 bits per heavy atom. The Labute approximate surface area is 128 Å². The quantitative estimate of drug-likeness (QED) is 0.426. The number of hydrogen-bond acceptors (Lipinski definition) is 4. The number of rotatable bonds is 7. The smallest absolute Gasteiger partial charge is 0.194 e. The first-order valence-electron chi connectivity index (χ1n) is 7.71. The molecule has 0 amide bonds. The average molecular weight is 319 g/mol. The average Bonchev–Trinajstić information content (AvgIpc) is 2.40. The summed E-state index contributed by atoms with van der Waals surface area (Å²) in [6.07, 6.45) is 3.70. The number of hydrogen-bond donors (Lipinski definition) is 1. The normalized spacial score (nSPS) is 20.6. The summed E-state index contributed by atoms with van der Waals surface area (Å²) in [5, 5.41) is 3.31. The Morgan fingerprint density at radius 3 is 2.81 bits per heavy atom. The summed E-state index contributed by atoms with van der Waals surface area (Å²) in [5.41, 5.74) is 0. The minimum Gasteiger partial charge on any atom is -0.378 e. The highest BCUT2D eigenvalue weighted by Gasteiger charge is 2.18. The summed E-state index contributed by atoms with van der Waals surface area (Å²) >= 11 is 0. The van der Waals surface area contributed by atoms with Crippen LogP contribution in [0, 0.1) is 5.92 Å². The van der Waals surface area contributed by atoms with Crippen LogP contribution in [-0.2, 0) is 14.6 Å². The third-order valence-corrected chi connectivity index (χ3v) is 4.30. The molecule has 124 valence electrons. The van der Waals surface area contributed by atoms with Crippen molar-refractivity contribution in [1.29, 1.82) is 0 Å². The van der Waals surface area contributed by atoms with Crippen molar-refractivity contribution in [2.75, 3.05) is 51.4 Å². The van der Waals surface area contributed by atoms with Crippen molar-refractivity contribution in [3.8, 4) is 0 Å². The molecule has 1 fully saturated rings. The number of ether oxygens (including phenoxy) is 1. The fourth-order valence-corrected chi connectivity index (χ4v) is 2.76. The number of piperidine rings is 1. The van der Waals surface area contributed by atoms with E-state index in [9.17, 15) is 8.42 Å². The van der Waals surface area contributed by atoms with Crippen molar-refractivity contribution < 1.29 is 13.2 Å². The van der Waals surface area contributed by atoms with Crippen LogP contribution in [0.4, 0.5) is 0 Å². The zero-order valence-corrected chi connectivity index (χ0v) is 14.3. The maximum atomic E-state index is 11.0. The molecule has 0 aromatic rings. The summed E-state index contributed by atoms with van der Waals surface area (Å²) in [4.78, 5) is 6.86. The van der Waals surface area contributed by atoms with E-state index >= 15 is 0 Å². The summed E-state index contributed by atoms with van der Waals surface area (Å²) < 4.78 is 27.3. The van der Waals surface area contributed by atoms with Gasteiger partial charge in [-0.25, -0.2) is 8.42 Å². The van der Waals surface area contributed by atoms with E-state index in [1.165, 1.54) is 19.1 Å². The molecule has 1 atom stereocenters. The van der Waals surface area contributed by atoms with Crippen LogP contribution in [0.25, 0.3) is 0 Å². The van der Waals surface area contributed by atoms with Gasteiger partial charge in [0.25, 0.3) is 0 Å². The lowest BCUT2D eigenvalue weighted by atomic mass is 10.0. The van der Waals surface area contributed by atoms with Gasteiger partial charge in [-0.2, -0.15) is 0 Å². The van der Waals surface area contributed by atoms with Crippen LogP contribution in [0.1, 0.15) is 26.7 Å². The van der Waals surface area contributed by atoms with Gasteiger partial charge in [0.2, 0.25) is 0 Å². The van der Waals surface area contributed by atoms with E-state index in [0.717, 1.165) is 25.6 Å². The molecule has 0 radical (unpaired) electrons. The summed E-state index contributed by atoms with van der Waals surface area (Å²) in [7, 11) is -2.94. The largest absolute Gasteiger partial charge is 0.378 e. The van der Waals surface area contributed by atoms with Gasteiger partial charge in [-0.15, -0.1) is 0 Å². The van der Waals surface area contributed by atoms with Gasteiger partial charge in [-0.1, -0.05) is 6.92 Å². The second-order valence-electron chi connectivity index (χ2n) is 5.67. The molecule has 0 aromatic heterocycles. The first-order chi connectivity index (χ1) is 9.92. The Balaban J connectivity index is 2.34. The van der Waals surface area contributed by atoms with Gasteiger partial charge >= 0.3 is 0 Å². The van der Waals surface area contributed by atoms with Gasteiger partial charge in [0.15, 0.2) is 5.96 Å². The standard InChI is InChI=1S/C14H29N3O3S/c1-4-15-14(17-8-5-6-13(2)12-17)16-7-9-20-10-11-21(3,18)19/h13H,4-12H2,1-3H3,(H,15,16). The van der Waals surface area contributed by atoms with Crippen molar-refractivity contribution >= 4 is 15.8 Å². The van der Waals surface area contributed by atoms with Crippen LogP contribution < -0.4 is 5.32 Å². The molecule has 0 bridgehead atoms. The molecule has 1 saturated heterocycles. The fourth-order valence-electron chi connectivity index (χ4n) is 2.34. The fraction of sp³-hybridized carbons (Fsp3) is 0.929. The highest BCUT2D eigenvalue weighted by Crippen LogP contribution is 2.15. The Hall–Kier alpha value is -0.820. The lowest BCUT2D eigenvalue weighted by molar-refractivity contribution is 0.156. The van der Waals surface area contributed by atoms with Crippen LogP contribution in [0.2, 0.25) is 0 Å². The Morgan fingerprint density at radius 2 is 2.19 bits per heavy atom. The molecule has 1 N–H and O–H groups in total. The Kier molecular flexibility index (Phi) is 8.03. The number of sulfone groups is 1. The van der Waals surface area contributed by atoms with Crippen molar-refractivity contribution in [2.24, 2.45) is 10.9 Å². The van der Waals surface area contributed by atoms with Crippen molar-refractivity contribution in [1.82, 2.24) is 10.2 Å². The van der Waals surface area contributed by atoms with E-state index in [1.54, 1.807) is 0 Å². The van der Waals surface area contributed by atoms with Crippen LogP contribution >= 0.6 is 0 Å². The van der Waals surface area contributed by atoms with E-state index in [0.29, 0.717) is 19.1 Å². The third-order valence-electron chi connectivity index (χ3n) is 3.39. The molecule has 1 unspecified atom stereocenters. The van der Waals surface area contributed by atoms with Crippen molar-refractivity contribution in [2.45, 2.75) is 26.7 Å². The van der Waals surface area contributed by atoms with Gasteiger partial charge in [-0.3, -0.25) is 4.99 Å². The van der Waals surface area contributed by atoms with Crippen LogP contribution in [-0.4, -0.2) is 70.7 Å². The molecule has 0 aliphatic carbocycles. The number of nitrogens with one attached hydrogen (secondary N) is 1. The van der Waals surface area contributed by atoms with Crippen molar-refractivity contribution in [3.63, 3.8) is 0 Å². The predicted molar refractivity (Wildman–Crippen MR) is 86.5 cm³/mol. The number of guanidine groups is 1. The molecule has 1 rings (SSSR count). The Bertz CT molecular complexity index is 423. The molecule has 21 heavy (non-hydrogen) atoms. The molecule has 1 aliphatic heterocycles. The lowest BCUT2D eigenvalue weighted by Gasteiger charge is -2.33. The first kappa shape index (κ1) is 18.2. The molecular weight excluding hydrogens is 290 g/mol. The number of likely N-dealkylation sites (tertiary alicyclic amines) is 1. The van der Waals surface area contributed by atoms with Crippen LogP contribution in [0.15, 0.2) is 4.99 Å². The lowest BCUT2D eigenvalue weighted by Crippen LogP contribution is -2.46. The summed E-state index contributed by atoms with van der Waals surface area (Å²) in [5.74, 6) is 1.71. The highest BCUT2D eigenvalue weighted by atomic mass is 32.2. The minimum atomic E-state index is -2.94. The van der Waals surface area contributed by atoms with Gasteiger partial charge in [0, 0.05) is 25.9 Å². The number of aliphatic imine (C=N–C) groups is 1. The molecule has 6 nitrogen and oxygen atoms in total. The van der Waals surface area contributed by atoms with Crippen LogP contribution in [0.3, 0.4) is 0 Å². The van der Waals surface area contributed by atoms with E-state index in [1.807, 2.05) is 0 Å². The van der Waals surface area contributed by atoms with Gasteiger partial charge in [0.05, 0.1) is 25.5 Å². The highest BCUT2D eigenvalue weighted by molar-refractivity contribution is 7.90. The predicted octanol–water partition coefficient (Wildman–Crippen LogP) is 0.745. The van der Waals surface area contributed by atoms with Crippen LogP contribution in [0.5, 0.6) is 0 Å². The van der Waals surface area contributed by atoms with E-state index in [2.05, 4.69) is 29.1 Å². The first-order valence-corrected chi connectivity index (χ1v) is 9.77. The second-order valence-corrected chi connectivity index (χ2v) is 7.93. The maximum absolute atomic E-state index is 11.0. The number of nitrogens with zero attached hydrogens (tertiary/aromatic N) is 2. The molecule has 0 spiro atoms. The topological polar surface area (TPSA) is 71.0 Å². The second kappa shape index (κ2) is 9.25. The monoisotopic (exact) mass is 319 g/mol. The van der Waals surface area contributed by atoms with E-state index < -0.39 is 9.84 Å². The van der Waals surface area contributed by atoms with E-state index in [4.69, 9.17) is 4.74 Å².